The Hall–Kier alpha value is -3.02. The average Bonchev–Trinajstić information content (AvgIpc) is 2.85. The van der Waals surface area contributed by atoms with Crippen molar-refractivity contribution in [3.63, 3.8) is 0 Å². The number of sulfone groups is 1. The fourth-order valence-corrected chi connectivity index (χ4v) is 6.53. The number of nitrogens with one attached hydrogen (secondary N) is 1. The molecule has 0 aliphatic carbocycles. The molecule has 0 bridgehead atoms. The molecule has 0 radical (unpaired) electrons. The third-order valence-corrected chi connectivity index (χ3v) is 8.45. The molecule has 10 nitrogen and oxygen atoms in total. The molecule has 2 saturated heterocycles. The Labute approximate surface area is 224 Å². The molecule has 0 saturated carbocycles. The van der Waals surface area contributed by atoms with E-state index in [0.717, 1.165) is 29.5 Å². The Morgan fingerprint density at radius 1 is 1.11 bits per heavy atom. The number of ether oxygens (including phenoxy) is 1. The van der Waals surface area contributed by atoms with Gasteiger partial charge in [-0.2, -0.15) is 4.98 Å². The molecule has 2 atom stereocenters. The minimum atomic E-state index is -2.98. The van der Waals surface area contributed by atoms with Crippen molar-refractivity contribution in [1.29, 1.82) is 0 Å². The number of methoxy groups -OCH3 is 1. The summed E-state index contributed by atoms with van der Waals surface area (Å²) in [6.45, 7) is 6.91. The van der Waals surface area contributed by atoms with Crippen LogP contribution < -0.4 is 15.1 Å². The number of aliphatic hydroxyl groups is 1. The number of hydrogen-bond acceptors (Lipinski definition) is 10. The molecule has 2 N–H and O–H groups in total. The lowest BCUT2D eigenvalue weighted by molar-refractivity contribution is -0.0219. The van der Waals surface area contributed by atoms with Crippen LogP contribution in [-0.2, 0) is 14.6 Å². The van der Waals surface area contributed by atoms with Crippen molar-refractivity contribution in [2.24, 2.45) is 5.92 Å². The third kappa shape index (κ3) is 5.69. The molecular formula is C27H36N6O4S. The van der Waals surface area contributed by atoms with Gasteiger partial charge in [0, 0.05) is 68.9 Å². The van der Waals surface area contributed by atoms with Crippen molar-refractivity contribution >= 4 is 43.9 Å². The highest BCUT2D eigenvalue weighted by Gasteiger charge is 2.31. The van der Waals surface area contributed by atoms with Crippen molar-refractivity contribution in [2.45, 2.75) is 38.4 Å². The standard InChI is InChI=1S/C27H36N6O4S/c1-17(2)19-5-6-22(33-13-18(14-33)16-38(4,35)36)21-12-29-26(11-20(19)21)30-25-7-9-28-27(31-25)32-10-8-24(37-3)23(34)15-32/h5-7,9,11-12,17-18,23-24,34H,8,10,13-16H2,1-4H3,(H,28,29,30,31)/t23-,24+/m1/s1. The zero-order valence-corrected chi connectivity index (χ0v) is 23.1. The number of rotatable bonds is 8. The monoisotopic (exact) mass is 540 g/mol. The van der Waals surface area contributed by atoms with Gasteiger partial charge in [-0.05, 0) is 41.5 Å². The second-order valence-electron chi connectivity index (χ2n) is 10.8. The number of pyridine rings is 1. The minimum absolute atomic E-state index is 0.159. The molecule has 0 spiro atoms. The van der Waals surface area contributed by atoms with E-state index in [9.17, 15) is 13.5 Å². The molecule has 2 aliphatic rings. The first kappa shape index (κ1) is 26.6. The Morgan fingerprint density at radius 3 is 2.58 bits per heavy atom. The van der Waals surface area contributed by atoms with Gasteiger partial charge in [-0.15, -0.1) is 0 Å². The number of β-amino-alcohol motifs (C(OH)–C–C–N with tert-alkyl or cyclic N) is 1. The van der Waals surface area contributed by atoms with Gasteiger partial charge in [0.2, 0.25) is 5.95 Å². The number of anilines is 4. The van der Waals surface area contributed by atoms with Crippen LogP contribution in [0, 0.1) is 5.92 Å². The van der Waals surface area contributed by atoms with Crippen LogP contribution in [-0.4, -0.2) is 86.0 Å². The van der Waals surface area contributed by atoms with E-state index in [-0.39, 0.29) is 17.8 Å². The van der Waals surface area contributed by atoms with Gasteiger partial charge in [-0.25, -0.2) is 18.4 Å². The molecule has 2 fully saturated rings. The van der Waals surface area contributed by atoms with Crippen LogP contribution in [0.5, 0.6) is 0 Å². The number of benzene rings is 1. The second kappa shape index (κ2) is 10.6. The maximum atomic E-state index is 11.7. The molecule has 3 aromatic rings. The summed E-state index contributed by atoms with van der Waals surface area (Å²) in [7, 11) is -1.36. The number of hydrogen-bond donors (Lipinski definition) is 2. The first-order chi connectivity index (χ1) is 18.1. The summed E-state index contributed by atoms with van der Waals surface area (Å²) < 4.78 is 28.7. The van der Waals surface area contributed by atoms with Crippen LogP contribution in [0.4, 0.5) is 23.3 Å². The largest absolute Gasteiger partial charge is 0.389 e. The van der Waals surface area contributed by atoms with E-state index in [4.69, 9.17) is 9.72 Å². The molecule has 2 aliphatic heterocycles. The van der Waals surface area contributed by atoms with Gasteiger partial charge in [0.1, 0.15) is 21.5 Å². The number of fused-ring (bicyclic) bond motifs is 1. The topological polar surface area (TPSA) is 121 Å². The summed E-state index contributed by atoms with van der Waals surface area (Å²) in [6.07, 6.45) is 4.83. The highest BCUT2D eigenvalue weighted by atomic mass is 32.2. The zero-order valence-electron chi connectivity index (χ0n) is 22.3. The Balaban J connectivity index is 1.37. The Bertz CT molecular complexity index is 1410. The highest BCUT2D eigenvalue weighted by Crippen LogP contribution is 2.37. The van der Waals surface area contributed by atoms with E-state index in [1.807, 2.05) is 11.1 Å². The predicted octanol–water partition coefficient (Wildman–Crippen LogP) is 2.96. The van der Waals surface area contributed by atoms with Gasteiger partial charge in [0.05, 0.1) is 18.0 Å². The molecule has 0 unspecified atom stereocenters. The molecular weight excluding hydrogens is 504 g/mol. The second-order valence-corrected chi connectivity index (χ2v) is 12.9. The van der Waals surface area contributed by atoms with Gasteiger partial charge >= 0.3 is 0 Å². The lowest BCUT2D eigenvalue weighted by Gasteiger charge is -2.41. The molecule has 1 aromatic carbocycles. The van der Waals surface area contributed by atoms with Gasteiger partial charge < -0.3 is 25.0 Å². The van der Waals surface area contributed by atoms with Crippen molar-refractivity contribution in [2.75, 3.05) is 60.4 Å². The fourth-order valence-electron chi connectivity index (χ4n) is 5.46. The molecule has 2 aromatic heterocycles. The number of nitrogens with zero attached hydrogens (tertiary/aromatic N) is 5. The lowest BCUT2D eigenvalue weighted by Crippen LogP contribution is -2.49. The van der Waals surface area contributed by atoms with Crippen molar-refractivity contribution in [3.8, 4) is 0 Å². The maximum Gasteiger partial charge on any atom is 0.227 e. The van der Waals surface area contributed by atoms with Gasteiger partial charge in [-0.1, -0.05) is 19.9 Å². The average molecular weight is 541 g/mol. The zero-order chi connectivity index (χ0) is 27.0. The SMILES string of the molecule is CO[C@H]1CCN(c2nccc(Nc3cc4c(C(C)C)ccc(N5CC(CS(C)(=O)=O)C5)c4cn3)n2)C[C@H]1O. The summed E-state index contributed by atoms with van der Waals surface area (Å²) in [5, 5.41) is 15.8. The first-order valence-corrected chi connectivity index (χ1v) is 15.1. The number of aliphatic hydroxyl groups excluding tert-OH is 1. The molecule has 11 heteroatoms. The highest BCUT2D eigenvalue weighted by molar-refractivity contribution is 7.90. The summed E-state index contributed by atoms with van der Waals surface area (Å²) >= 11 is 0. The van der Waals surface area contributed by atoms with E-state index >= 15 is 0 Å². The van der Waals surface area contributed by atoms with Crippen molar-refractivity contribution in [3.05, 3.63) is 42.2 Å². The molecule has 204 valence electrons. The molecule has 38 heavy (non-hydrogen) atoms. The Kier molecular flexibility index (Phi) is 7.43. The van der Waals surface area contributed by atoms with Crippen LogP contribution >= 0.6 is 0 Å². The van der Waals surface area contributed by atoms with Crippen LogP contribution in [0.3, 0.4) is 0 Å². The molecule has 5 rings (SSSR count). The van der Waals surface area contributed by atoms with Crippen molar-refractivity contribution < 1.29 is 18.3 Å². The first-order valence-electron chi connectivity index (χ1n) is 13.0. The van der Waals surface area contributed by atoms with Gasteiger partial charge in [0.15, 0.2) is 0 Å². The third-order valence-electron chi connectivity index (χ3n) is 7.37. The Morgan fingerprint density at radius 2 is 1.89 bits per heavy atom. The maximum absolute atomic E-state index is 11.7. The predicted molar refractivity (Wildman–Crippen MR) is 150 cm³/mol. The van der Waals surface area contributed by atoms with Crippen molar-refractivity contribution in [1.82, 2.24) is 15.0 Å². The normalized spacial score (nSPS) is 20.7. The summed E-state index contributed by atoms with van der Waals surface area (Å²) in [6, 6.07) is 8.14. The molecule has 0 amide bonds. The van der Waals surface area contributed by atoms with E-state index in [1.54, 1.807) is 19.4 Å². The number of piperidine rings is 1. The van der Waals surface area contributed by atoms with Crippen LogP contribution in [0.25, 0.3) is 10.8 Å². The van der Waals surface area contributed by atoms with Gasteiger partial charge in [-0.3, -0.25) is 0 Å². The van der Waals surface area contributed by atoms with E-state index in [1.165, 1.54) is 11.8 Å². The van der Waals surface area contributed by atoms with E-state index in [2.05, 4.69) is 52.2 Å². The minimum Gasteiger partial charge on any atom is -0.389 e. The van der Waals surface area contributed by atoms with E-state index in [0.29, 0.717) is 43.0 Å². The van der Waals surface area contributed by atoms with Crippen LogP contribution in [0.15, 0.2) is 36.7 Å². The molecule has 4 heterocycles. The summed E-state index contributed by atoms with van der Waals surface area (Å²) in [4.78, 5) is 18.0. The lowest BCUT2D eigenvalue weighted by atomic mass is 9.93. The smallest absolute Gasteiger partial charge is 0.227 e. The number of aromatic nitrogens is 3. The summed E-state index contributed by atoms with van der Waals surface area (Å²) in [5.41, 5.74) is 2.30. The van der Waals surface area contributed by atoms with E-state index < -0.39 is 15.9 Å². The van der Waals surface area contributed by atoms with Gasteiger partial charge in [0.25, 0.3) is 0 Å². The fraction of sp³-hybridized carbons (Fsp3) is 0.519. The quantitative estimate of drug-likeness (QED) is 0.441. The van der Waals surface area contributed by atoms with Crippen LogP contribution in [0.2, 0.25) is 0 Å². The van der Waals surface area contributed by atoms with Crippen LogP contribution in [0.1, 0.15) is 31.7 Å². The summed E-state index contributed by atoms with van der Waals surface area (Å²) in [5.74, 6) is 2.56.